The Morgan fingerprint density at radius 1 is 1.35 bits per heavy atom. The van der Waals surface area contributed by atoms with Crippen LogP contribution >= 0.6 is 27.3 Å². The molecule has 1 heterocycles. The fraction of sp³-hybridized carbons (Fsp3) is 0.214. The molecule has 2 aromatic rings. The Bertz CT molecular complexity index is 600. The van der Waals surface area contributed by atoms with E-state index >= 15 is 0 Å². The van der Waals surface area contributed by atoms with Crippen LogP contribution in [-0.4, -0.2) is 20.2 Å². The first-order chi connectivity index (χ1) is 9.65. The molecule has 0 fully saturated rings. The van der Waals surface area contributed by atoms with Crippen LogP contribution in [0.2, 0.25) is 0 Å². The summed E-state index contributed by atoms with van der Waals surface area (Å²) >= 11 is 4.93. The van der Waals surface area contributed by atoms with Crippen molar-refractivity contribution in [2.45, 2.75) is 6.04 Å². The molecule has 0 saturated heterocycles. The summed E-state index contributed by atoms with van der Waals surface area (Å²) in [5, 5.41) is 5.09. The fourth-order valence-electron chi connectivity index (χ4n) is 1.74. The highest BCUT2D eigenvalue weighted by Crippen LogP contribution is 2.32. The van der Waals surface area contributed by atoms with Crippen molar-refractivity contribution in [2.75, 3.05) is 19.5 Å². The number of nitrogens with one attached hydrogen (secondary N) is 1. The minimum Gasteiger partial charge on any atom is -0.497 e. The molecule has 2 rings (SSSR count). The van der Waals surface area contributed by atoms with Gasteiger partial charge in [-0.2, -0.15) is 0 Å². The average molecular weight is 356 g/mol. The van der Waals surface area contributed by atoms with Crippen molar-refractivity contribution in [3.63, 3.8) is 0 Å². The molecule has 1 N–H and O–H groups in total. The number of hydrogen-bond donors (Lipinski definition) is 1. The summed E-state index contributed by atoms with van der Waals surface area (Å²) in [4.78, 5) is 12.9. The molecule has 0 saturated carbocycles. The van der Waals surface area contributed by atoms with Crippen LogP contribution in [0.15, 0.2) is 40.2 Å². The van der Waals surface area contributed by atoms with Crippen molar-refractivity contribution in [1.29, 1.82) is 0 Å². The largest absolute Gasteiger partial charge is 0.497 e. The predicted molar refractivity (Wildman–Crippen MR) is 83.4 cm³/mol. The highest BCUT2D eigenvalue weighted by Gasteiger charge is 2.24. The van der Waals surface area contributed by atoms with Crippen LogP contribution in [0, 0.1) is 0 Å². The average Bonchev–Trinajstić information content (AvgIpc) is 2.90. The minimum atomic E-state index is -0.554. The molecule has 0 radical (unpaired) electrons. The van der Waals surface area contributed by atoms with Gasteiger partial charge in [-0.3, -0.25) is 0 Å². The van der Waals surface area contributed by atoms with Gasteiger partial charge in [-0.25, -0.2) is 4.79 Å². The number of thiophene rings is 1. The van der Waals surface area contributed by atoms with E-state index in [-0.39, 0.29) is 5.97 Å². The molecule has 1 unspecified atom stereocenters. The lowest BCUT2D eigenvalue weighted by Crippen LogP contribution is -2.21. The van der Waals surface area contributed by atoms with Crippen LogP contribution in [0.3, 0.4) is 0 Å². The first kappa shape index (κ1) is 14.9. The number of anilines is 1. The van der Waals surface area contributed by atoms with E-state index < -0.39 is 6.04 Å². The zero-order chi connectivity index (χ0) is 14.5. The third kappa shape index (κ3) is 3.32. The van der Waals surface area contributed by atoms with E-state index in [0.717, 1.165) is 20.8 Å². The normalized spacial score (nSPS) is 11.8. The van der Waals surface area contributed by atoms with Crippen molar-refractivity contribution >= 4 is 38.9 Å². The summed E-state index contributed by atoms with van der Waals surface area (Å²) in [6.45, 7) is 0. The molecule has 0 spiro atoms. The van der Waals surface area contributed by atoms with Crippen molar-refractivity contribution in [3.05, 3.63) is 45.1 Å². The van der Waals surface area contributed by atoms with Gasteiger partial charge in [0.05, 0.1) is 19.1 Å². The van der Waals surface area contributed by atoms with Crippen LogP contribution in [0.25, 0.3) is 0 Å². The Morgan fingerprint density at radius 2 is 2.15 bits per heavy atom. The van der Waals surface area contributed by atoms with Gasteiger partial charge in [0.1, 0.15) is 5.75 Å². The highest BCUT2D eigenvalue weighted by atomic mass is 79.9. The molecule has 0 aliphatic heterocycles. The topological polar surface area (TPSA) is 47.6 Å². The Balaban J connectivity index is 2.28. The molecule has 0 aliphatic rings. The van der Waals surface area contributed by atoms with Crippen molar-refractivity contribution < 1.29 is 14.3 Å². The summed E-state index contributed by atoms with van der Waals surface area (Å²) in [6, 6.07) is 8.76. The molecule has 1 atom stereocenters. The lowest BCUT2D eigenvalue weighted by molar-refractivity contribution is -0.141. The third-order valence-electron chi connectivity index (χ3n) is 2.72. The molecule has 0 aliphatic carbocycles. The molecule has 1 aromatic heterocycles. The van der Waals surface area contributed by atoms with Crippen LogP contribution in [0.4, 0.5) is 5.69 Å². The van der Waals surface area contributed by atoms with Gasteiger partial charge in [-0.15, -0.1) is 11.3 Å². The van der Waals surface area contributed by atoms with Gasteiger partial charge in [-0.05, 0) is 39.5 Å². The van der Waals surface area contributed by atoms with Gasteiger partial charge in [0.25, 0.3) is 0 Å². The summed E-state index contributed by atoms with van der Waals surface area (Å²) in [5.41, 5.74) is 0.792. The van der Waals surface area contributed by atoms with Gasteiger partial charge in [0.2, 0.25) is 0 Å². The van der Waals surface area contributed by atoms with E-state index in [9.17, 15) is 4.79 Å². The molecule has 106 valence electrons. The molecular weight excluding hydrogens is 342 g/mol. The van der Waals surface area contributed by atoms with E-state index in [1.165, 1.54) is 18.4 Å². The highest BCUT2D eigenvalue weighted by molar-refractivity contribution is 9.10. The number of hydrogen-bond acceptors (Lipinski definition) is 5. The van der Waals surface area contributed by atoms with Crippen LogP contribution in [0.5, 0.6) is 5.75 Å². The lowest BCUT2D eigenvalue weighted by atomic mass is 10.2. The fourth-order valence-corrected chi connectivity index (χ4v) is 3.38. The molecular formula is C14H14BrNO3S. The molecule has 4 nitrogen and oxygen atoms in total. The number of ether oxygens (including phenoxy) is 2. The minimum absolute atomic E-state index is 0.337. The molecule has 0 bridgehead atoms. The van der Waals surface area contributed by atoms with Crippen molar-refractivity contribution in [1.82, 2.24) is 0 Å². The Hall–Kier alpha value is -1.53. The first-order valence-corrected chi connectivity index (χ1v) is 7.54. The van der Waals surface area contributed by atoms with E-state index in [1.807, 2.05) is 35.7 Å². The summed E-state index contributed by atoms with van der Waals surface area (Å²) < 4.78 is 10.9. The number of carbonyl (C=O) groups excluding carboxylic acids is 1. The predicted octanol–water partition coefficient (Wildman–Crippen LogP) is 3.85. The first-order valence-electron chi connectivity index (χ1n) is 5.87. The van der Waals surface area contributed by atoms with Gasteiger partial charge >= 0.3 is 5.97 Å². The second-order valence-electron chi connectivity index (χ2n) is 3.97. The summed E-state index contributed by atoms with van der Waals surface area (Å²) in [6.07, 6.45) is 0. The molecule has 0 amide bonds. The monoisotopic (exact) mass is 355 g/mol. The second kappa shape index (κ2) is 6.76. The lowest BCUT2D eigenvalue weighted by Gasteiger charge is -2.17. The zero-order valence-electron chi connectivity index (χ0n) is 11.1. The van der Waals surface area contributed by atoms with Gasteiger partial charge in [0.15, 0.2) is 6.04 Å². The Labute approximate surface area is 129 Å². The third-order valence-corrected chi connectivity index (χ3v) is 4.66. The van der Waals surface area contributed by atoms with Gasteiger partial charge < -0.3 is 14.8 Å². The number of halogens is 1. The van der Waals surface area contributed by atoms with Crippen molar-refractivity contribution in [3.8, 4) is 5.75 Å². The Kier molecular flexibility index (Phi) is 5.03. The van der Waals surface area contributed by atoms with Gasteiger partial charge in [-0.1, -0.05) is 6.07 Å². The summed E-state index contributed by atoms with van der Waals surface area (Å²) in [5.74, 6) is 0.389. The summed E-state index contributed by atoms with van der Waals surface area (Å²) in [7, 11) is 2.98. The maximum atomic E-state index is 12.0. The quantitative estimate of drug-likeness (QED) is 0.827. The van der Waals surface area contributed by atoms with E-state index in [2.05, 4.69) is 21.2 Å². The van der Waals surface area contributed by atoms with Crippen LogP contribution in [0.1, 0.15) is 10.9 Å². The molecule has 20 heavy (non-hydrogen) atoms. The maximum Gasteiger partial charge on any atom is 0.333 e. The van der Waals surface area contributed by atoms with Crippen molar-refractivity contribution in [2.24, 2.45) is 0 Å². The van der Waals surface area contributed by atoms with E-state index in [4.69, 9.17) is 9.47 Å². The number of rotatable bonds is 5. The molecule has 1 aromatic carbocycles. The Morgan fingerprint density at radius 3 is 2.75 bits per heavy atom. The zero-order valence-corrected chi connectivity index (χ0v) is 13.5. The van der Waals surface area contributed by atoms with E-state index in [1.54, 1.807) is 7.11 Å². The van der Waals surface area contributed by atoms with Crippen LogP contribution < -0.4 is 10.1 Å². The van der Waals surface area contributed by atoms with Crippen LogP contribution in [-0.2, 0) is 9.53 Å². The van der Waals surface area contributed by atoms with Gasteiger partial charge in [0, 0.05) is 16.2 Å². The number of benzene rings is 1. The molecule has 6 heteroatoms. The second-order valence-corrected chi connectivity index (χ2v) is 5.77. The number of esters is 1. The van der Waals surface area contributed by atoms with E-state index in [0.29, 0.717) is 0 Å². The maximum absolute atomic E-state index is 12.0. The standard InChI is InChI=1S/C14H14BrNO3S/c1-18-10-5-3-4-9(8-10)16-12(14(17)19-2)13-11(15)6-7-20-13/h3-8,12,16H,1-2H3. The number of carbonyl (C=O) groups is 1. The SMILES string of the molecule is COC(=O)C(Nc1cccc(OC)c1)c1sccc1Br. The smallest absolute Gasteiger partial charge is 0.333 e. The number of methoxy groups -OCH3 is 2.